The highest BCUT2D eigenvalue weighted by molar-refractivity contribution is 5.88. The summed E-state index contributed by atoms with van der Waals surface area (Å²) in [5.41, 5.74) is -2.23. The minimum absolute atomic E-state index is 0.0767. The van der Waals surface area contributed by atoms with Crippen molar-refractivity contribution in [3.05, 3.63) is 23.6 Å². The Balaban J connectivity index is 2.40. The van der Waals surface area contributed by atoms with Crippen LogP contribution in [0.4, 0.5) is 13.2 Å². The Morgan fingerprint density at radius 2 is 2.25 bits per heavy atom. The predicted octanol–water partition coefficient (Wildman–Crippen LogP) is 0.905. The molecular weight excluding hydrogens is 283 g/mol. The van der Waals surface area contributed by atoms with Crippen molar-refractivity contribution in [2.24, 2.45) is 0 Å². The zero-order chi connectivity index (χ0) is 14.8. The summed E-state index contributed by atoms with van der Waals surface area (Å²) in [6.07, 6.45) is -3.79. The third-order valence-corrected chi connectivity index (χ3v) is 2.16. The van der Waals surface area contributed by atoms with Crippen LogP contribution in [-0.4, -0.2) is 37.7 Å². The van der Waals surface area contributed by atoms with Crippen molar-refractivity contribution in [1.82, 2.24) is 25.1 Å². The van der Waals surface area contributed by atoms with E-state index in [4.69, 9.17) is 0 Å². The number of rotatable bonds is 4. The number of hydrogen-bond acceptors (Lipinski definition) is 7. The SMILES string of the molecule is CCOC(=O)c1nnn(Cc2ncno2)c1C(F)(F)F. The van der Waals surface area contributed by atoms with E-state index in [-0.39, 0.29) is 12.5 Å². The molecule has 0 N–H and O–H groups in total. The first kappa shape index (κ1) is 14.0. The van der Waals surface area contributed by atoms with Gasteiger partial charge in [-0.1, -0.05) is 10.4 Å². The molecule has 0 aliphatic carbocycles. The first-order valence-corrected chi connectivity index (χ1v) is 5.36. The van der Waals surface area contributed by atoms with Crippen LogP contribution >= 0.6 is 0 Å². The van der Waals surface area contributed by atoms with Crippen LogP contribution in [0, 0.1) is 0 Å². The van der Waals surface area contributed by atoms with E-state index in [9.17, 15) is 18.0 Å². The van der Waals surface area contributed by atoms with Crippen LogP contribution in [0.1, 0.15) is 29.0 Å². The lowest BCUT2D eigenvalue weighted by molar-refractivity contribution is -0.144. The lowest BCUT2D eigenvalue weighted by Gasteiger charge is -2.09. The molecule has 0 saturated carbocycles. The van der Waals surface area contributed by atoms with Crippen LogP contribution in [0.3, 0.4) is 0 Å². The van der Waals surface area contributed by atoms with E-state index in [2.05, 4.69) is 29.7 Å². The van der Waals surface area contributed by atoms with E-state index in [1.807, 2.05) is 0 Å². The number of alkyl halides is 3. The van der Waals surface area contributed by atoms with Gasteiger partial charge in [0.15, 0.2) is 12.0 Å². The zero-order valence-electron chi connectivity index (χ0n) is 10.1. The Kier molecular flexibility index (Phi) is 3.68. The lowest BCUT2D eigenvalue weighted by atomic mass is 10.3. The van der Waals surface area contributed by atoms with Gasteiger partial charge in [-0.3, -0.25) is 0 Å². The molecule has 0 aliphatic rings. The summed E-state index contributed by atoms with van der Waals surface area (Å²) in [6, 6.07) is 0. The molecule has 0 saturated heterocycles. The molecule has 20 heavy (non-hydrogen) atoms. The molecule has 2 aromatic heterocycles. The minimum atomic E-state index is -4.83. The van der Waals surface area contributed by atoms with Crippen LogP contribution in [0.2, 0.25) is 0 Å². The number of halogens is 3. The Bertz CT molecular complexity index is 592. The fraction of sp³-hybridized carbons (Fsp3) is 0.444. The summed E-state index contributed by atoms with van der Waals surface area (Å²) < 4.78 is 48.5. The standard InChI is InChI=1S/C9H8F3N5O3/c1-2-19-8(18)6-7(9(10,11)12)17(16-15-6)3-5-13-4-14-20-5/h4H,2-3H2,1H3. The van der Waals surface area contributed by atoms with Gasteiger partial charge >= 0.3 is 12.1 Å². The molecule has 2 aromatic rings. The van der Waals surface area contributed by atoms with Gasteiger partial charge in [-0.15, -0.1) is 5.10 Å². The van der Waals surface area contributed by atoms with Crippen LogP contribution in [-0.2, 0) is 17.5 Å². The predicted molar refractivity (Wildman–Crippen MR) is 54.4 cm³/mol. The van der Waals surface area contributed by atoms with E-state index in [0.717, 1.165) is 6.33 Å². The third kappa shape index (κ3) is 2.75. The molecule has 108 valence electrons. The minimum Gasteiger partial charge on any atom is -0.461 e. The van der Waals surface area contributed by atoms with Gasteiger partial charge in [-0.05, 0) is 6.92 Å². The summed E-state index contributed by atoms with van der Waals surface area (Å²) in [5, 5.41) is 9.75. The zero-order valence-corrected chi connectivity index (χ0v) is 10.1. The molecule has 2 rings (SSSR count). The van der Waals surface area contributed by atoms with Crippen LogP contribution in [0.25, 0.3) is 0 Å². The molecule has 0 aliphatic heterocycles. The summed E-state index contributed by atoms with van der Waals surface area (Å²) in [4.78, 5) is 15.0. The highest BCUT2D eigenvalue weighted by Crippen LogP contribution is 2.31. The van der Waals surface area contributed by atoms with E-state index in [1.165, 1.54) is 6.92 Å². The van der Waals surface area contributed by atoms with Gasteiger partial charge in [0.2, 0.25) is 11.6 Å². The number of ether oxygens (including phenoxy) is 1. The molecule has 0 aromatic carbocycles. The molecule has 0 unspecified atom stereocenters. The van der Waals surface area contributed by atoms with Gasteiger partial charge in [0.1, 0.15) is 6.54 Å². The number of nitrogens with zero attached hydrogens (tertiary/aromatic N) is 5. The van der Waals surface area contributed by atoms with E-state index in [0.29, 0.717) is 4.68 Å². The van der Waals surface area contributed by atoms with Crippen LogP contribution in [0.5, 0.6) is 0 Å². The highest BCUT2D eigenvalue weighted by Gasteiger charge is 2.42. The average molecular weight is 291 g/mol. The van der Waals surface area contributed by atoms with Crippen molar-refractivity contribution in [2.75, 3.05) is 6.61 Å². The fourth-order valence-electron chi connectivity index (χ4n) is 1.44. The van der Waals surface area contributed by atoms with Crippen LogP contribution < -0.4 is 0 Å². The van der Waals surface area contributed by atoms with E-state index >= 15 is 0 Å². The lowest BCUT2D eigenvalue weighted by Crippen LogP contribution is -2.20. The maximum Gasteiger partial charge on any atom is 0.435 e. The second-order valence-corrected chi connectivity index (χ2v) is 3.50. The highest BCUT2D eigenvalue weighted by atomic mass is 19.4. The second kappa shape index (κ2) is 5.27. The van der Waals surface area contributed by atoms with Crippen molar-refractivity contribution in [3.8, 4) is 0 Å². The molecule has 11 heteroatoms. The summed E-state index contributed by atoms with van der Waals surface area (Å²) in [5.74, 6) is -1.30. The van der Waals surface area contributed by atoms with Crippen molar-refractivity contribution in [2.45, 2.75) is 19.6 Å². The summed E-state index contributed by atoms with van der Waals surface area (Å²) >= 11 is 0. The molecule has 0 bridgehead atoms. The number of aromatic nitrogens is 5. The Morgan fingerprint density at radius 3 is 2.80 bits per heavy atom. The van der Waals surface area contributed by atoms with Gasteiger partial charge in [0, 0.05) is 0 Å². The Labute approximate surface area is 109 Å². The molecular formula is C9H8F3N5O3. The normalized spacial score (nSPS) is 11.6. The van der Waals surface area contributed by atoms with Crippen molar-refractivity contribution in [1.29, 1.82) is 0 Å². The number of hydrogen-bond donors (Lipinski definition) is 0. The Hall–Kier alpha value is -2.46. The summed E-state index contributed by atoms with van der Waals surface area (Å²) in [7, 11) is 0. The molecule has 8 nitrogen and oxygen atoms in total. The van der Waals surface area contributed by atoms with Gasteiger partial charge in [0.05, 0.1) is 6.61 Å². The molecule has 0 radical (unpaired) electrons. The van der Waals surface area contributed by atoms with Crippen molar-refractivity contribution < 1.29 is 27.2 Å². The number of carbonyl (C=O) groups is 1. The van der Waals surface area contributed by atoms with Crippen molar-refractivity contribution in [3.63, 3.8) is 0 Å². The van der Waals surface area contributed by atoms with Gasteiger partial charge < -0.3 is 9.26 Å². The quantitative estimate of drug-likeness (QED) is 0.772. The van der Waals surface area contributed by atoms with Crippen molar-refractivity contribution >= 4 is 5.97 Å². The smallest absolute Gasteiger partial charge is 0.435 e. The number of esters is 1. The monoisotopic (exact) mass is 291 g/mol. The third-order valence-electron chi connectivity index (χ3n) is 2.16. The number of carbonyl (C=O) groups excluding carboxylic acids is 1. The van der Waals surface area contributed by atoms with E-state index < -0.39 is 30.1 Å². The maximum atomic E-state index is 13.0. The first-order chi connectivity index (χ1) is 9.43. The second-order valence-electron chi connectivity index (χ2n) is 3.50. The molecule has 0 fully saturated rings. The summed E-state index contributed by atoms with van der Waals surface area (Å²) in [6.45, 7) is 0.932. The molecule has 2 heterocycles. The maximum absolute atomic E-state index is 13.0. The molecule has 0 atom stereocenters. The molecule has 0 spiro atoms. The Morgan fingerprint density at radius 1 is 1.50 bits per heavy atom. The van der Waals surface area contributed by atoms with Crippen LogP contribution in [0.15, 0.2) is 10.9 Å². The first-order valence-electron chi connectivity index (χ1n) is 5.36. The fourth-order valence-corrected chi connectivity index (χ4v) is 1.44. The largest absolute Gasteiger partial charge is 0.461 e. The topological polar surface area (TPSA) is 95.9 Å². The van der Waals surface area contributed by atoms with Gasteiger partial charge in [-0.2, -0.15) is 18.2 Å². The van der Waals surface area contributed by atoms with Gasteiger partial charge in [-0.25, -0.2) is 9.48 Å². The average Bonchev–Trinajstić information content (AvgIpc) is 2.98. The van der Waals surface area contributed by atoms with E-state index in [1.54, 1.807) is 0 Å². The molecule has 0 amide bonds. The van der Waals surface area contributed by atoms with Gasteiger partial charge in [0.25, 0.3) is 0 Å².